The summed E-state index contributed by atoms with van der Waals surface area (Å²) in [5.41, 5.74) is 7.82. The SMILES string of the molecule is COc1cc2c(cc1OC)n1n(-c3ccc(N)cc3S(=O)(=O)O)n21. The van der Waals surface area contributed by atoms with E-state index in [9.17, 15) is 13.0 Å². The molecule has 0 unspecified atom stereocenters. The molecule has 0 spiro atoms. The van der Waals surface area contributed by atoms with Crippen molar-refractivity contribution in [3.8, 4) is 17.2 Å². The first-order valence-electron chi connectivity index (χ1n) is 6.90. The summed E-state index contributed by atoms with van der Waals surface area (Å²) >= 11 is 0. The standard InChI is InChI=1S/C14H14N4O5S/c1-22-12-6-10-11(7-13(12)23-2)18-16(17(10)18)9-4-3-8(15)5-14(9)24(19,20)21/h3-7H,15H2,1-2H3,(H,19,20,21). The number of anilines is 1. The van der Waals surface area contributed by atoms with E-state index < -0.39 is 10.1 Å². The van der Waals surface area contributed by atoms with E-state index in [0.717, 1.165) is 11.0 Å². The second-order valence-electron chi connectivity index (χ2n) is 5.27. The maximum Gasteiger partial charge on any atom is 0.296 e. The van der Waals surface area contributed by atoms with Gasteiger partial charge in [0.05, 0.1) is 14.2 Å². The topological polar surface area (TPSA) is 113 Å². The Balaban J connectivity index is 1.95. The van der Waals surface area contributed by atoms with Gasteiger partial charge in [0.15, 0.2) is 11.5 Å². The highest BCUT2D eigenvalue weighted by Gasteiger charge is 2.30. The van der Waals surface area contributed by atoms with E-state index in [1.807, 2.05) is 0 Å². The largest absolute Gasteiger partial charge is 0.493 e. The third kappa shape index (κ3) is 1.87. The summed E-state index contributed by atoms with van der Waals surface area (Å²) in [5.74, 6) is 1.13. The second kappa shape index (κ2) is 4.58. The minimum atomic E-state index is -4.42. The van der Waals surface area contributed by atoms with Crippen LogP contribution in [-0.4, -0.2) is 41.2 Å². The van der Waals surface area contributed by atoms with Crippen LogP contribution >= 0.6 is 0 Å². The molecule has 0 radical (unpaired) electrons. The van der Waals surface area contributed by atoms with E-state index in [0.29, 0.717) is 17.2 Å². The van der Waals surface area contributed by atoms with Crippen LogP contribution in [0.1, 0.15) is 0 Å². The van der Waals surface area contributed by atoms with E-state index in [-0.39, 0.29) is 10.6 Å². The number of nitrogen functional groups attached to an aromatic ring is 1. The van der Waals surface area contributed by atoms with Gasteiger partial charge in [-0.25, -0.2) is 0 Å². The van der Waals surface area contributed by atoms with E-state index in [4.69, 9.17) is 15.2 Å². The number of hydrogen-bond donors (Lipinski definition) is 2. The van der Waals surface area contributed by atoms with Gasteiger partial charge in [0.25, 0.3) is 10.1 Å². The lowest BCUT2D eigenvalue weighted by Gasteiger charge is -2.08. The molecule has 0 aliphatic rings. The number of hydrogen-bond acceptors (Lipinski definition) is 5. The Morgan fingerprint density at radius 3 is 2.00 bits per heavy atom. The Bertz CT molecular complexity index is 1120. The van der Waals surface area contributed by atoms with Crippen LogP contribution in [0.15, 0.2) is 35.2 Å². The zero-order chi connectivity index (χ0) is 17.2. The Labute approximate surface area is 136 Å². The monoisotopic (exact) mass is 350 g/mol. The summed E-state index contributed by atoms with van der Waals surface area (Å²) in [4.78, 5) is 1.34. The maximum absolute atomic E-state index is 11.6. The summed E-state index contributed by atoms with van der Waals surface area (Å²) in [6.45, 7) is 0. The van der Waals surface area contributed by atoms with Crippen molar-refractivity contribution >= 4 is 26.8 Å². The fourth-order valence-electron chi connectivity index (χ4n) is 2.78. The Hall–Kier alpha value is -2.85. The van der Waals surface area contributed by atoms with E-state index in [1.165, 1.54) is 26.4 Å². The summed E-state index contributed by atoms with van der Waals surface area (Å²) < 4.78 is 46.7. The third-order valence-corrected chi connectivity index (χ3v) is 4.78. The minimum absolute atomic E-state index is 0.242. The van der Waals surface area contributed by atoms with E-state index in [1.54, 1.807) is 32.3 Å². The average Bonchev–Trinajstić information content (AvgIpc) is 3.19. The van der Waals surface area contributed by atoms with Crippen molar-refractivity contribution in [2.45, 2.75) is 4.90 Å². The summed E-state index contributed by atoms with van der Waals surface area (Å²) in [6, 6.07) is 7.89. The molecule has 0 aliphatic heterocycles. The van der Waals surface area contributed by atoms with Gasteiger partial charge in [-0.3, -0.25) is 4.55 Å². The summed E-state index contributed by atoms with van der Waals surface area (Å²) in [6.07, 6.45) is 0. The number of nitrogens with two attached hydrogens (primary N) is 1. The summed E-state index contributed by atoms with van der Waals surface area (Å²) in [5, 5.41) is 0. The highest BCUT2D eigenvalue weighted by molar-refractivity contribution is 7.86. The molecule has 24 heavy (non-hydrogen) atoms. The highest BCUT2D eigenvalue weighted by Crippen LogP contribution is 2.37. The van der Waals surface area contributed by atoms with E-state index >= 15 is 0 Å². The number of ether oxygens (including phenoxy) is 2. The Morgan fingerprint density at radius 1 is 1.00 bits per heavy atom. The molecule has 0 amide bonds. The summed E-state index contributed by atoms with van der Waals surface area (Å²) in [7, 11) is -1.34. The fourth-order valence-corrected chi connectivity index (χ4v) is 3.47. The molecule has 2 aromatic carbocycles. The van der Waals surface area contributed by atoms with Crippen molar-refractivity contribution < 1.29 is 22.4 Å². The average molecular weight is 350 g/mol. The Morgan fingerprint density at radius 2 is 1.54 bits per heavy atom. The number of methoxy groups -OCH3 is 2. The predicted molar refractivity (Wildman–Crippen MR) is 86.2 cm³/mol. The number of aromatic nitrogens is 3. The van der Waals surface area contributed by atoms with Gasteiger partial charge in [-0.1, -0.05) is 0 Å². The van der Waals surface area contributed by atoms with Gasteiger partial charge in [0.1, 0.15) is 21.6 Å². The van der Waals surface area contributed by atoms with Crippen molar-refractivity contribution in [3.63, 3.8) is 0 Å². The van der Waals surface area contributed by atoms with Crippen molar-refractivity contribution in [1.82, 2.24) is 14.1 Å². The number of rotatable bonds is 4. The van der Waals surface area contributed by atoms with Crippen molar-refractivity contribution in [1.29, 1.82) is 0 Å². The zero-order valence-corrected chi connectivity index (χ0v) is 13.6. The Kier molecular flexibility index (Phi) is 2.81. The van der Waals surface area contributed by atoms with Crippen LogP contribution in [-0.2, 0) is 10.1 Å². The molecule has 0 bridgehead atoms. The van der Waals surface area contributed by atoms with Crippen LogP contribution in [0.4, 0.5) is 5.69 Å². The molecule has 2 aromatic heterocycles. The third-order valence-electron chi connectivity index (χ3n) is 3.90. The molecule has 0 atom stereocenters. The molecule has 0 saturated carbocycles. The molecule has 9 nitrogen and oxygen atoms in total. The van der Waals surface area contributed by atoms with Crippen LogP contribution < -0.4 is 15.2 Å². The van der Waals surface area contributed by atoms with Gasteiger partial charge in [0.2, 0.25) is 0 Å². The van der Waals surface area contributed by atoms with Crippen LogP contribution in [0.2, 0.25) is 0 Å². The van der Waals surface area contributed by atoms with Gasteiger partial charge >= 0.3 is 0 Å². The molecular formula is C14H14N4O5S. The highest BCUT2D eigenvalue weighted by atomic mass is 32.2. The van der Waals surface area contributed by atoms with Gasteiger partial charge < -0.3 is 15.2 Å². The van der Waals surface area contributed by atoms with Gasteiger partial charge in [0, 0.05) is 17.8 Å². The van der Waals surface area contributed by atoms with Gasteiger partial charge in [-0.2, -0.15) is 8.42 Å². The van der Waals surface area contributed by atoms with Gasteiger partial charge in [-0.15, -0.1) is 14.1 Å². The van der Waals surface area contributed by atoms with Crippen LogP contribution in [0.5, 0.6) is 11.5 Å². The van der Waals surface area contributed by atoms with Crippen LogP contribution in [0.25, 0.3) is 16.7 Å². The smallest absolute Gasteiger partial charge is 0.296 e. The van der Waals surface area contributed by atoms with Crippen LogP contribution in [0.3, 0.4) is 0 Å². The van der Waals surface area contributed by atoms with Crippen molar-refractivity contribution in [2.75, 3.05) is 20.0 Å². The first kappa shape index (κ1) is 14.7. The molecule has 3 N–H and O–H groups in total. The quantitative estimate of drug-likeness (QED) is 0.423. The molecule has 0 aliphatic carbocycles. The molecule has 4 aromatic rings. The fraction of sp³-hybridized carbons (Fsp3) is 0.143. The lowest BCUT2D eigenvalue weighted by Crippen LogP contribution is -2.04. The van der Waals surface area contributed by atoms with Crippen molar-refractivity contribution in [2.24, 2.45) is 0 Å². The molecule has 0 fully saturated rings. The predicted octanol–water partition coefficient (Wildman–Crippen LogP) is 1.27. The van der Waals surface area contributed by atoms with E-state index in [2.05, 4.69) is 0 Å². The molecule has 126 valence electrons. The number of nitrogens with zero attached hydrogens (tertiary/aromatic N) is 3. The maximum atomic E-state index is 11.6. The number of benzene rings is 2. The lowest BCUT2D eigenvalue weighted by molar-refractivity contribution is 0.355. The minimum Gasteiger partial charge on any atom is -0.493 e. The molecular weight excluding hydrogens is 336 g/mol. The first-order valence-corrected chi connectivity index (χ1v) is 8.34. The normalized spacial score (nSPS) is 12.5. The second-order valence-corrected chi connectivity index (χ2v) is 6.66. The zero-order valence-electron chi connectivity index (χ0n) is 12.8. The molecule has 2 heterocycles. The molecule has 4 rings (SSSR count). The lowest BCUT2D eigenvalue weighted by atomic mass is 10.2. The first-order chi connectivity index (χ1) is 11.4. The van der Waals surface area contributed by atoms with Crippen LogP contribution in [0, 0.1) is 0 Å². The number of fused-ring (bicyclic) bond motifs is 4. The molecule has 10 heteroatoms. The van der Waals surface area contributed by atoms with Crippen molar-refractivity contribution in [3.05, 3.63) is 30.3 Å². The van der Waals surface area contributed by atoms with Gasteiger partial charge in [-0.05, 0) is 18.2 Å². The molecule has 0 saturated heterocycles.